The monoisotopic (exact) mass is 290 g/mol. The van der Waals surface area contributed by atoms with Crippen LogP contribution in [0.2, 0.25) is 0 Å². The zero-order valence-electron chi connectivity index (χ0n) is 13.6. The molecule has 0 aromatic heterocycles. The molecule has 0 saturated heterocycles. The summed E-state index contributed by atoms with van der Waals surface area (Å²) in [5.74, 6) is 0.00901. The molecule has 0 heterocycles. The predicted molar refractivity (Wildman–Crippen MR) is 84.7 cm³/mol. The van der Waals surface area contributed by atoms with Gasteiger partial charge in [0, 0.05) is 25.4 Å². The van der Waals surface area contributed by atoms with Crippen molar-refractivity contribution in [3.63, 3.8) is 0 Å². The molecule has 0 spiro atoms. The maximum Gasteiger partial charge on any atom is 0.225 e. The molecule has 1 rings (SSSR count). The minimum atomic E-state index is -0.411. The molecule has 21 heavy (non-hydrogen) atoms. The van der Waals surface area contributed by atoms with Crippen LogP contribution in [0.25, 0.3) is 0 Å². The molecule has 0 aliphatic rings. The molecule has 0 bridgehead atoms. The highest BCUT2D eigenvalue weighted by Gasteiger charge is 2.22. The fourth-order valence-electron chi connectivity index (χ4n) is 2.09. The fraction of sp³-hybridized carbons (Fsp3) is 0.529. The normalized spacial score (nSPS) is 12.6. The average Bonchev–Trinajstić information content (AvgIpc) is 2.42. The Labute approximate surface area is 127 Å². The van der Waals surface area contributed by atoms with E-state index in [0.29, 0.717) is 13.1 Å². The van der Waals surface area contributed by atoms with Gasteiger partial charge in [-0.2, -0.15) is 0 Å². The first-order chi connectivity index (χ1) is 9.73. The second-order valence-electron chi connectivity index (χ2n) is 6.30. The highest BCUT2D eigenvalue weighted by molar-refractivity contribution is 5.81. The first-order valence-electron chi connectivity index (χ1n) is 7.34. The largest absolute Gasteiger partial charge is 0.354 e. The highest BCUT2D eigenvalue weighted by atomic mass is 16.2. The first-order valence-corrected chi connectivity index (χ1v) is 7.34. The lowest BCUT2D eigenvalue weighted by Gasteiger charge is -2.29. The second kappa shape index (κ2) is 7.25. The number of hydrogen-bond donors (Lipinski definition) is 1. The van der Waals surface area contributed by atoms with Crippen LogP contribution in [0.3, 0.4) is 0 Å². The van der Waals surface area contributed by atoms with Crippen molar-refractivity contribution in [1.82, 2.24) is 10.2 Å². The Morgan fingerprint density at radius 2 is 1.76 bits per heavy atom. The summed E-state index contributed by atoms with van der Waals surface area (Å²) in [6.07, 6.45) is 0. The van der Waals surface area contributed by atoms with Gasteiger partial charge >= 0.3 is 0 Å². The lowest BCUT2D eigenvalue weighted by atomic mass is 9.96. The molecule has 2 amide bonds. The van der Waals surface area contributed by atoms with Crippen LogP contribution in [-0.4, -0.2) is 29.8 Å². The zero-order valence-corrected chi connectivity index (χ0v) is 13.6. The molecule has 0 aliphatic heterocycles. The number of amides is 2. The summed E-state index contributed by atoms with van der Waals surface area (Å²) in [7, 11) is 0. The molecule has 116 valence electrons. The number of rotatable bonds is 5. The van der Waals surface area contributed by atoms with Gasteiger partial charge in [-0.25, -0.2) is 0 Å². The maximum atomic E-state index is 11.8. The molecule has 1 aromatic rings. The molecular formula is C17H26N2O2. The van der Waals surface area contributed by atoms with Crippen molar-refractivity contribution < 1.29 is 9.59 Å². The quantitative estimate of drug-likeness (QED) is 0.906. The van der Waals surface area contributed by atoms with Gasteiger partial charge < -0.3 is 10.2 Å². The van der Waals surface area contributed by atoms with Crippen LogP contribution in [0.15, 0.2) is 30.3 Å². The van der Waals surface area contributed by atoms with Crippen LogP contribution in [0.1, 0.15) is 46.2 Å². The lowest BCUT2D eigenvalue weighted by molar-refractivity contribution is -0.132. The van der Waals surface area contributed by atoms with Crippen LogP contribution >= 0.6 is 0 Å². The van der Waals surface area contributed by atoms with E-state index >= 15 is 0 Å². The molecule has 1 unspecified atom stereocenters. The van der Waals surface area contributed by atoms with Crippen LogP contribution in [-0.2, 0) is 9.59 Å². The molecule has 0 fully saturated rings. The Bertz CT molecular complexity index is 477. The van der Waals surface area contributed by atoms with Gasteiger partial charge in [0.15, 0.2) is 0 Å². The van der Waals surface area contributed by atoms with E-state index in [1.54, 1.807) is 11.8 Å². The van der Waals surface area contributed by atoms with E-state index in [9.17, 15) is 9.59 Å². The standard InChI is InChI=1S/C17H26N2O2/c1-13(15-9-7-6-8-10-15)19(14(2)20)12-11-18-16(21)17(3,4)5/h6-10,13H,11-12H2,1-5H3,(H,18,21). The SMILES string of the molecule is CC(=O)N(CCNC(=O)C(C)(C)C)C(C)c1ccccc1. The Balaban J connectivity index is 2.63. The maximum absolute atomic E-state index is 11.8. The third-order valence-corrected chi connectivity index (χ3v) is 3.47. The van der Waals surface area contributed by atoms with Crippen molar-refractivity contribution in [3.8, 4) is 0 Å². The Kier molecular flexibility index (Phi) is 5.94. The van der Waals surface area contributed by atoms with E-state index in [4.69, 9.17) is 0 Å². The summed E-state index contributed by atoms with van der Waals surface area (Å²) >= 11 is 0. The van der Waals surface area contributed by atoms with E-state index < -0.39 is 5.41 Å². The molecule has 1 N–H and O–H groups in total. The molecule has 1 atom stereocenters. The Morgan fingerprint density at radius 1 is 1.19 bits per heavy atom. The van der Waals surface area contributed by atoms with Crippen molar-refractivity contribution in [2.45, 2.75) is 40.7 Å². The van der Waals surface area contributed by atoms with Gasteiger partial charge in [0.1, 0.15) is 0 Å². The third-order valence-electron chi connectivity index (χ3n) is 3.47. The number of benzene rings is 1. The first kappa shape index (κ1) is 17.2. The minimum absolute atomic E-state index is 0.00151. The summed E-state index contributed by atoms with van der Waals surface area (Å²) in [6.45, 7) is 10.2. The minimum Gasteiger partial charge on any atom is -0.354 e. The summed E-state index contributed by atoms with van der Waals surface area (Å²) in [5.41, 5.74) is 0.682. The molecule has 4 heteroatoms. The number of carbonyl (C=O) groups is 2. The van der Waals surface area contributed by atoms with Crippen molar-refractivity contribution >= 4 is 11.8 Å². The lowest BCUT2D eigenvalue weighted by Crippen LogP contribution is -2.42. The van der Waals surface area contributed by atoms with Crippen molar-refractivity contribution in [1.29, 1.82) is 0 Å². The van der Waals surface area contributed by atoms with E-state index in [-0.39, 0.29) is 17.9 Å². The fourth-order valence-corrected chi connectivity index (χ4v) is 2.09. The summed E-state index contributed by atoms with van der Waals surface area (Å²) in [4.78, 5) is 25.5. The van der Waals surface area contributed by atoms with Gasteiger partial charge in [0.2, 0.25) is 11.8 Å². The molecule has 0 radical (unpaired) electrons. The molecule has 0 saturated carbocycles. The van der Waals surface area contributed by atoms with Gasteiger partial charge in [0.25, 0.3) is 0 Å². The second-order valence-corrected chi connectivity index (χ2v) is 6.30. The molecule has 0 aliphatic carbocycles. The molecule has 4 nitrogen and oxygen atoms in total. The highest BCUT2D eigenvalue weighted by Crippen LogP contribution is 2.19. The van der Waals surface area contributed by atoms with Gasteiger partial charge in [-0.05, 0) is 12.5 Å². The van der Waals surface area contributed by atoms with E-state index in [1.807, 2.05) is 58.0 Å². The van der Waals surface area contributed by atoms with E-state index in [1.165, 1.54) is 0 Å². The van der Waals surface area contributed by atoms with Crippen LogP contribution < -0.4 is 5.32 Å². The van der Waals surface area contributed by atoms with Crippen LogP contribution in [0, 0.1) is 5.41 Å². The van der Waals surface area contributed by atoms with Crippen LogP contribution in [0.5, 0.6) is 0 Å². The summed E-state index contributed by atoms with van der Waals surface area (Å²) in [5, 5.41) is 2.88. The van der Waals surface area contributed by atoms with Crippen molar-refractivity contribution in [2.75, 3.05) is 13.1 Å². The zero-order chi connectivity index (χ0) is 16.0. The Hall–Kier alpha value is -1.84. The van der Waals surface area contributed by atoms with Crippen molar-refractivity contribution in [2.24, 2.45) is 5.41 Å². The molecule has 1 aromatic carbocycles. The predicted octanol–water partition coefficient (Wildman–Crippen LogP) is 2.76. The number of nitrogens with one attached hydrogen (secondary N) is 1. The van der Waals surface area contributed by atoms with Crippen molar-refractivity contribution in [3.05, 3.63) is 35.9 Å². The van der Waals surface area contributed by atoms with Gasteiger partial charge in [-0.3, -0.25) is 9.59 Å². The van der Waals surface area contributed by atoms with E-state index in [2.05, 4.69) is 5.32 Å². The van der Waals surface area contributed by atoms with E-state index in [0.717, 1.165) is 5.56 Å². The summed E-state index contributed by atoms with van der Waals surface area (Å²) < 4.78 is 0. The van der Waals surface area contributed by atoms with Gasteiger partial charge in [0.05, 0.1) is 6.04 Å². The number of hydrogen-bond acceptors (Lipinski definition) is 2. The topological polar surface area (TPSA) is 49.4 Å². The van der Waals surface area contributed by atoms with Gasteiger partial charge in [-0.1, -0.05) is 51.1 Å². The molecular weight excluding hydrogens is 264 g/mol. The van der Waals surface area contributed by atoms with Gasteiger partial charge in [-0.15, -0.1) is 0 Å². The smallest absolute Gasteiger partial charge is 0.225 e. The number of nitrogens with zero attached hydrogens (tertiary/aromatic N) is 1. The third kappa shape index (κ3) is 5.21. The average molecular weight is 290 g/mol. The number of carbonyl (C=O) groups excluding carboxylic acids is 2. The Morgan fingerprint density at radius 3 is 2.24 bits per heavy atom. The summed E-state index contributed by atoms with van der Waals surface area (Å²) in [6, 6.07) is 9.90. The van der Waals surface area contributed by atoms with Crippen LogP contribution in [0.4, 0.5) is 0 Å².